The minimum atomic E-state index is 0.626. The van der Waals surface area contributed by atoms with Crippen LogP contribution in [-0.4, -0.2) is 23.6 Å². The molecule has 3 rings (SSSR count). The van der Waals surface area contributed by atoms with Crippen molar-refractivity contribution in [1.29, 1.82) is 0 Å². The lowest BCUT2D eigenvalue weighted by molar-refractivity contribution is 0.289. The van der Waals surface area contributed by atoms with Crippen molar-refractivity contribution in [3.63, 3.8) is 0 Å². The molecule has 2 aromatic rings. The van der Waals surface area contributed by atoms with Gasteiger partial charge in [-0.15, -0.1) is 0 Å². The van der Waals surface area contributed by atoms with Crippen LogP contribution in [0, 0.1) is 0 Å². The Balaban J connectivity index is 2.10. The first-order valence-corrected chi connectivity index (χ1v) is 6.14. The van der Waals surface area contributed by atoms with E-state index in [0.717, 1.165) is 36.5 Å². The van der Waals surface area contributed by atoms with Crippen molar-refractivity contribution in [2.24, 2.45) is 0 Å². The van der Waals surface area contributed by atoms with Gasteiger partial charge >= 0.3 is 0 Å². The Labute approximate surface area is 106 Å². The molecule has 0 spiro atoms. The van der Waals surface area contributed by atoms with E-state index in [0.29, 0.717) is 5.95 Å². The van der Waals surface area contributed by atoms with Gasteiger partial charge < -0.3 is 10.1 Å². The summed E-state index contributed by atoms with van der Waals surface area (Å²) in [6, 6.07) is 8.14. The highest BCUT2D eigenvalue weighted by atomic mass is 16.5. The van der Waals surface area contributed by atoms with E-state index in [-0.39, 0.29) is 0 Å². The molecule has 0 aliphatic carbocycles. The van der Waals surface area contributed by atoms with Gasteiger partial charge in [0.25, 0.3) is 0 Å². The lowest BCUT2D eigenvalue weighted by Gasteiger charge is -2.20. The van der Waals surface area contributed by atoms with Gasteiger partial charge in [0.2, 0.25) is 5.95 Å². The summed E-state index contributed by atoms with van der Waals surface area (Å²) in [5.41, 5.74) is 3.21. The lowest BCUT2D eigenvalue weighted by atomic mass is 10.0. The third-order valence-corrected chi connectivity index (χ3v) is 3.09. The molecule has 1 N–H and O–H groups in total. The van der Waals surface area contributed by atoms with Crippen LogP contribution in [0.25, 0.3) is 11.3 Å². The number of fused-ring (bicyclic) bond motifs is 1. The van der Waals surface area contributed by atoms with Crippen LogP contribution >= 0.6 is 0 Å². The Hall–Kier alpha value is -2.10. The molecule has 0 radical (unpaired) electrons. The molecule has 0 atom stereocenters. The number of hydrogen-bond donors (Lipinski definition) is 1. The number of nitrogens with one attached hydrogen (secondary N) is 1. The average molecular weight is 241 g/mol. The summed E-state index contributed by atoms with van der Waals surface area (Å²) >= 11 is 0. The average Bonchev–Trinajstić information content (AvgIpc) is 2.47. The van der Waals surface area contributed by atoms with Crippen molar-refractivity contribution >= 4 is 5.95 Å². The van der Waals surface area contributed by atoms with Gasteiger partial charge in [0.1, 0.15) is 5.75 Å². The second kappa shape index (κ2) is 4.64. The van der Waals surface area contributed by atoms with E-state index >= 15 is 0 Å². The van der Waals surface area contributed by atoms with Gasteiger partial charge in [-0.2, -0.15) is 0 Å². The number of para-hydroxylation sites is 1. The summed E-state index contributed by atoms with van der Waals surface area (Å²) in [5, 5.41) is 2.95. The smallest absolute Gasteiger partial charge is 0.222 e. The molecule has 0 saturated carbocycles. The number of hydrogen-bond acceptors (Lipinski definition) is 4. The van der Waals surface area contributed by atoms with Crippen molar-refractivity contribution in [2.75, 3.05) is 19.0 Å². The normalized spacial score (nSPS) is 13.6. The van der Waals surface area contributed by atoms with Gasteiger partial charge in [-0.1, -0.05) is 12.1 Å². The molecule has 0 fully saturated rings. The fourth-order valence-corrected chi connectivity index (χ4v) is 2.22. The second-order valence-electron chi connectivity index (χ2n) is 4.26. The van der Waals surface area contributed by atoms with E-state index < -0.39 is 0 Å². The molecule has 1 aliphatic rings. The largest absolute Gasteiger partial charge is 0.493 e. The highest BCUT2D eigenvalue weighted by Gasteiger charge is 2.16. The predicted octanol–water partition coefficient (Wildman–Crippen LogP) is 2.51. The zero-order valence-corrected chi connectivity index (χ0v) is 10.3. The maximum absolute atomic E-state index is 5.80. The monoisotopic (exact) mass is 241 g/mol. The van der Waals surface area contributed by atoms with Crippen LogP contribution in [0.2, 0.25) is 0 Å². The molecule has 1 aliphatic heterocycles. The highest BCUT2D eigenvalue weighted by molar-refractivity contribution is 5.70. The summed E-state index contributed by atoms with van der Waals surface area (Å²) in [6.07, 6.45) is 3.92. The number of rotatable bonds is 2. The highest BCUT2D eigenvalue weighted by Crippen LogP contribution is 2.35. The van der Waals surface area contributed by atoms with Crippen molar-refractivity contribution in [3.05, 3.63) is 36.0 Å². The van der Waals surface area contributed by atoms with Crippen molar-refractivity contribution in [1.82, 2.24) is 9.97 Å². The standard InChI is InChI=1S/C14H15N3O/c1-15-14-16-8-7-12(17-14)11-6-2-4-10-5-3-9-18-13(10)11/h2,4,6-8H,3,5,9H2,1H3,(H,15,16,17). The Kier molecular flexibility index (Phi) is 2.84. The van der Waals surface area contributed by atoms with Gasteiger partial charge in [0, 0.05) is 18.8 Å². The second-order valence-corrected chi connectivity index (χ2v) is 4.26. The van der Waals surface area contributed by atoms with Crippen LogP contribution in [0.1, 0.15) is 12.0 Å². The molecule has 2 heterocycles. The van der Waals surface area contributed by atoms with E-state index in [1.165, 1.54) is 5.56 Å². The van der Waals surface area contributed by atoms with Gasteiger partial charge in [-0.05, 0) is 30.5 Å². The van der Waals surface area contributed by atoms with Crippen LogP contribution in [0.3, 0.4) is 0 Å². The van der Waals surface area contributed by atoms with Gasteiger partial charge in [-0.3, -0.25) is 0 Å². The molecule has 0 saturated heterocycles. The summed E-state index contributed by atoms with van der Waals surface area (Å²) in [7, 11) is 1.82. The number of nitrogens with zero attached hydrogens (tertiary/aromatic N) is 2. The van der Waals surface area contributed by atoms with Crippen LogP contribution in [0.5, 0.6) is 5.75 Å². The van der Waals surface area contributed by atoms with E-state index in [1.807, 2.05) is 19.2 Å². The molecule has 92 valence electrons. The van der Waals surface area contributed by atoms with Crippen LogP contribution in [-0.2, 0) is 6.42 Å². The lowest BCUT2D eigenvalue weighted by Crippen LogP contribution is -2.09. The Morgan fingerprint density at radius 1 is 1.28 bits per heavy atom. The number of aromatic nitrogens is 2. The van der Waals surface area contributed by atoms with Crippen LogP contribution < -0.4 is 10.1 Å². The summed E-state index contributed by atoms with van der Waals surface area (Å²) < 4.78 is 5.80. The minimum absolute atomic E-state index is 0.626. The van der Waals surface area contributed by atoms with Gasteiger partial charge in [0.15, 0.2) is 0 Å². The summed E-state index contributed by atoms with van der Waals surface area (Å²) in [6.45, 7) is 0.786. The van der Waals surface area contributed by atoms with E-state index in [9.17, 15) is 0 Å². The molecule has 4 heteroatoms. The Morgan fingerprint density at radius 3 is 3.11 bits per heavy atom. The molecule has 0 bridgehead atoms. The maximum atomic E-state index is 5.80. The fraction of sp³-hybridized carbons (Fsp3) is 0.286. The zero-order chi connectivity index (χ0) is 12.4. The van der Waals surface area contributed by atoms with E-state index in [2.05, 4.69) is 27.4 Å². The van der Waals surface area contributed by atoms with Crippen molar-refractivity contribution < 1.29 is 4.74 Å². The first kappa shape index (κ1) is 11.0. The molecule has 1 aromatic carbocycles. The molecule has 0 unspecified atom stereocenters. The summed E-state index contributed by atoms with van der Waals surface area (Å²) in [4.78, 5) is 8.60. The summed E-state index contributed by atoms with van der Waals surface area (Å²) in [5.74, 6) is 1.60. The van der Waals surface area contributed by atoms with E-state index in [1.54, 1.807) is 6.20 Å². The maximum Gasteiger partial charge on any atom is 0.222 e. The van der Waals surface area contributed by atoms with Crippen LogP contribution in [0.15, 0.2) is 30.5 Å². The number of ether oxygens (including phenoxy) is 1. The molecule has 0 amide bonds. The van der Waals surface area contributed by atoms with Gasteiger partial charge in [-0.25, -0.2) is 9.97 Å². The fourth-order valence-electron chi connectivity index (χ4n) is 2.22. The zero-order valence-electron chi connectivity index (χ0n) is 10.3. The topological polar surface area (TPSA) is 47.0 Å². The van der Waals surface area contributed by atoms with Crippen LogP contribution in [0.4, 0.5) is 5.95 Å². The number of anilines is 1. The molecule has 1 aromatic heterocycles. The first-order chi connectivity index (χ1) is 8.88. The van der Waals surface area contributed by atoms with E-state index in [4.69, 9.17) is 4.74 Å². The third kappa shape index (κ3) is 1.90. The quantitative estimate of drug-likeness (QED) is 0.877. The first-order valence-electron chi connectivity index (χ1n) is 6.14. The predicted molar refractivity (Wildman–Crippen MR) is 70.8 cm³/mol. The Bertz CT molecular complexity index is 569. The Morgan fingerprint density at radius 2 is 2.22 bits per heavy atom. The van der Waals surface area contributed by atoms with Crippen molar-refractivity contribution in [3.8, 4) is 17.0 Å². The minimum Gasteiger partial charge on any atom is -0.493 e. The number of aryl methyl sites for hydroxylation is 1. The molecular weight excluding hydrogens is 226 g/mol. The molecule has 4 nitrogen and oxygen atoms in total. The number of benzene rings is 1. The molecular formula is C14H15N3O. The third-order valence-electron chi connectivity index (χ3n) is 3.09. The molecule has 18 heavy (non-hydrogen) atoms. The van der Waals surface area contributed by atoms with Gasteiger partial charge in [0.05, 0.1) is 12.3 Å². The SMILES string of the molecule is CNc1nccc(-c2cccc3c2OCCC3)n1. The van der Waals surface area contributed by atoms with Crippen molar-refractivity contribution in [2.45, 2.75) is 12.8 Å².